The Bertz CT molecular complexity index is 1380. The standard InChI is InChI=1S/C28H32N6OS/c1-19-3-5-22(6-4-19)23-12-27-28-29-18-30-34(28)26-8-7-25(11-24(26)16-32(27)15-23)31-10-9-21(13-31)14-33(36)20(2)17-35/h3-8,11-12,15,18,20-21,33,35H,9-10,13-14,16-17H2,1-2H3/t20-,21-/m1/s1. The molecule has 2 N–H and O–H groups in total. The zero-order valence-corrected chi connectivity index (χ0v) is 21.6. The minimum atomic E-state index is 0.0963. The topological polar surface area (TPSA) is 63.6 Å². The number of benzene rings is 2. The molecule has 2 aromatic heterocycles. The van der Waals surface area contributed by atoms with Crippen LogP contribution in [-0.2, 0) is 19.4 Å². The van der Waals surface area contributed by atoms with Crippen LogP contribution in [0.3, 0.4) is 0 Å². The van der Waals surface area contributed by atoms with Crippen LogP contribution in [0.25, 0.3) is 28.3 Å². The summed E-state index contributed by atoms with van der Waals surface area (Å²) in [7, 11) is 0. The highest BCUT2D eigenvalue weighted by atomic mass is 32.1. The summed E-state index contributed by atoms with van der Waals surface area (Å²) in [6.45, 7) is 7.97. The van der Waals surface area contributed by atoms with Gasteiger partial charge in [0.2, 0.25) is 0 Å². The molecule has 3 atom stereocenters. The fraction of sp³-hybridized carbons (Fsp3) is 0.357. The lowest BCUT2D eigenvalue weighted by Crippen LogP contribution is -3.12. The second-order valence-corrected chi connectivity index (χ2v) is 10.8. The van der Waals surface area contributed by atoms with Crippen molar-refractivity contribution in [3.05, 3.63) is 72.2 Å². The van der Waals surface area contributed by atoms with Crippen LogP contribution in [0.4, 0.5) is 5.69 Å². The number of rotatable bonds is 6. The van der Waals surface area contributed by atoms with Crippen LogP contribution in [0.1, 0.15) is 24.5 Å². The minimum Gasteiger partial charge on any atom is -0.496 e. The van der Waals surface area contributed by atoms with Crippen molar-refractivity contribution in [1.82, 2.24) is 19.3 Å². The Hall–Kier alpha value is -3.07. The largest absolute Gasteiger partial charge is 0.496 e. The first-order valence-corrected chi connectivity index (χ1v) is 13.1. The van der Waals surface area contributed by atoms with Gasteiger partial charge < -0.3 is 31.7 Å². The third kappa shape index (κ3) is 4.23. The van der Waals surface area contributed by atoms with Crippen molar-refractivity contribution < 1.29 is 9.41 Å². The lowest BCUT2D eigenvalue weighted by atomic mass is 10.1. The monoisotopic (exact) mass is 500 g/mol. The van der Waals surface area contributed by atoms with Crippen molar-refractivity contribution in [1.29, 1.82) is 0 Å². The number of hydrogen-bond acceptors (Lipinski definition) is 5. The van der Waals surface area contributed by atoms with Gasteiger partial charge in [-0.25, -0.2) is 9.67 Å². The molecule has 1 unspecified atom stereocenters. The number of hydrogen-bond donors (Lipinski definition) is 2. The Kier molecular flexibility index (Phi) is 6.11. The first-order chi connectivity index (χ1) is 17.5. The molecule has 4 heterocycles. The van der Waals surface area contributed by atoms with Gasteiger partial charge in [-0.3, -0.25) is 0 Å². The first kappa shape index (κ1) is 23.3. The van der Waals surface area contributed by atoms with Crippen molar-refractivity contribution in [3.8, 4) is 28.3 Å². The van der Waals surface area contributed by atoms with E-state index in [0.717, 1.165) is 54.1 Å². The molecule has 6 rings (SSSR count). The molecule has 0 spiro atoms. The van der Waals surface area contributed by atoms with Crippen molar-refractivity contribution >= 4 is 18.5 Å². The van der Waals surface area contributed by atoms with Gasteiger partial charge in [0.1, 0.15) is 6.33 Å². The zero-order chi connectivity index (χ0) is 24.8. The molecule has 0 bridgehead atoms. The number of aromatic nitrogens is 4. The summed E-state index contributed by atoms with van der Waals surface area (Å²) in [5, 5.41) is 14.0. The predicted octanol–water partition coefficient (Wildman–Crippen LogP) is 2.63. The van der Waals surface area contributed by atoms with Crippen LogP contribution in [0.15, 0.2) is 61.1 Å². The molecule has 2 aromatic carbocycles. The number of quaternary nitrogens is 1. The van der Waals surface area contributed by atoms with Gasteiger partial charge in [-0.2, -0.15) is 5.10 Å². The van der Waals surface area contributed by atoms with Gasteiger partial charge in [0.15, 0.2) is 5.82 Å². The molecule has 0 saturated carbocycles. The van der Waals surface area contributed by atoms with E-state index >= 15 is 0 Å². The van der Waals surface area contributed by atoms with Crippen LogP contribution < -0.4 is 9.21 Å². The first-order valence-electron chi connectivity index (χ1n) is 12.7. The summed E-state index contributed by atoms with van der Waals surface area (Å²) in [6, 6.07) is 17.7. The molecule has 0 amide bonds. The van der Waals surface area contributed by atoms with E-state index in [1.165, 1.54) is 27.9 Å². The average Bonchev–Trinajstić information content (AvgIpc) is 3.63. The maximum atomic E-state index is 9.43. The van der Waals surface area contributed by atoms with Gasteiger partial charge >= 0.3 is 0 Å². The van der Waals surface area contributed by atoms with E-state index in [1.54, 1.807) is 6.33 Å². The van der Waals surface area contributed by atoms with Gasteiger partial charge in [-0.1, -0.05) is 29.8 Å². The predicted molar refractivity (Wildman–Crippen MR) is 144 cm³/mol. The maximum absolute atomic E-state index is 9.43. The minimum absolute atomic E-state index is 0.0963. The zero-order valence-electron chi connectivity index (χ0n) is 20.8. The smallest absolute Gasteiger partial charge is 0.179 e. The number of nitrogens with zero attached hydrogens (tertiary/aromatic N) is 5. The quantitative estimate of drug-likeness (QED) is 0.351. The molecule has 0 radical (unpaired) electrons. The van der Waals surface area contributed by atoms with Crippen LogP contribution in [-0.4, -0.2) is 56.7 Å². The molecule has 0 aliphatic carbocycles. The summed E-state index contributed by atoms with van der Waals surface area (Å²) in [4.78, 5) is 7.10. The van der Waals surface area contributed by atoms with E-state index in [9.17, 15) is 5.11 Å². The third-order valence-electron chi connectivity index (χ3n) is 7.65. The highest BCUT2D eigenvalue weighted by molar-refractivity contribution is 7.51. The highest BCUT2D eigenvalue weighted by Crippen LogP contribution is 2.35. The molecule has 7 nitrogen and oxygen atoms in total. The number of fused-ring (bicyclic) bond motifs is 5. The Morgan fingerprint density at radius 2 is 1.97 bits per heavy atom. The second-order valence-electron chi connectivity index (χ2n) is 10.3. The van der Waals surface area contributed by atoms with E-state index in [1.807, 2.05) is 11.6 Å². The summed E-state index contributed by atoms with van der Waals surface area (Å²) in [6.07, 6.45) is 5.00. The van der Waals surface area contributed by atoms with Gasteiger partial charge in [-0.05, 0) is 55.7 Å². The lowest BCUT2D eigenvalue weighted by molar-refractivity contribution is -0.787. The van der Waals surface area contributed by atoms with E-state index < -0.39 is 0 Å². The maximum Gasteiger partial charge on any atom is 0.179 e. The SMILES string of the molecule is Cc1ccc(-c2cc3n(c2)Cc2cc(N4CC[C@@H](C[NH+]([S-])[C@H](C)CO)C4)ccc2-n2ncnc2-3)cc1. The Morgan fingerprint density at radius 1 is 1.14 bits per heavy atom. The van der Waals surface area contributed by atoms with Crippen molar-refractivity contribution in [2.75, 3.05) is 31.1 Å². The third-order valence-corrected chi connectivity index (χ3v) is 8.22. The summed E-state index contributed by atoms with van der Waals surface area (Å²) < 4.78 is 5.26. The fourth-order valence-electron chi connectivity index (χ4n) is 5.43. The number of aliphatic hydroxyl groups excluding tert-OH is 1. The van der Waals surface area contributed by atoms with Crippen molar-refractivity contribution in [2.24, 2.45) is 5.92 Å². The van der Waals surface area contributed by atoms with Gasteiger partial charge in [-0.15, -0.1) is 0 Å². The van der Waals surface area contributed by atoms with Crippen LogP contribution >= 0.6 is 0 Å². The molecule has 2 aliphatic rings. The molecule has 36 heavy (non-hydrogen) atoms. The van der Waals surface area contributed by atoms with E-state index in [4.69, 9.17) is 12.8 Å². The molecule has 2 aliphatic heterocycles. The molecular formula is C28H32N6OS. The number of anilines is 1. The van der Waals surface area contributed by atoms with Gasteiger partial charge in [0.25, 0.3) is 0 Å². The molecule has 4 aromatic rings. The van der Waals surface area contributed by atoms with Gasteiger partial charge in [0, 0.05) is 43.0 Å². The summed E-state index contributed by atoms with van der Waals surface area (Å²) in [5.74, 6) is 1.41. The lowest BCUT2D eigenvalue weighted by Gasteiger charge is -2.31. The molecule has 1 fully saturated rings. The van der Waals surface area contributed by atoms with Crippen molar-refractivity contribution in [2.45, 2.75) is 32.9 Å². The second kappa shape index (κ2) is 9.42. The van der Waals surface area contributed by atoms with E-state index in [2.05, 4.69) is 81.2 Å². The molecular weight excluding hydrogens is 468 g/mol. The molecule has 8 heteroatoms. The van der Waals surface area contributed by atoms with Crippen LogP contribution in [0.2, 0.25) is 0 Å². The average molecular weight is 501 g/mol. The summed E-state index contributed by atoms with van der Waals surface area (Å²) >= 11 is 5.58. The van der Waals surface area contributed by atoms with Crippen LogP contribution in [0.5, 0.6) is 0 Å². The highest BCUT2D eigenvalue weighted by Gasteiger charge is 2.27. The van der Waals surface area contributed by atoms with E-state index in [-0.39, 0.29) is 12.6 Å². The Morgan fingerprint density at radius 3 is 2.78 bits per heavy atom. The van der Waals surface area contributed by atoms with Crippen LogP contribution in [0, 0.1) is 12.8 Å². The fourth-order valence-corrected chi connectivity index (χ4v) is 5.74. The number of aliphatic hydroxyl groups is 1. The van der Waals surface area contributed by atoms with E-state index in [0.29, 0.717) is 5.92 Å². The molecule has 1 saturated heterocycles. The number of aryl methyl sites for hydroxylation is 1. The summed E-state index contributed by atoms with van der Waals surface area (Å²) in [5.41, 5.74) is 8.29. The van der Waals surface area contributed by atoms with Crippen molar-refractivity contribution in [3.63, 3.8) is 0 Å². The number of nitrogens with one attached hydrogen (secondary N) is 1. The normalized spacial score (nSPS) is 18.3. The Balaban J connectivity index is 1.29. The van der Waals surface area contributed by atoms with Gasteiger partial charge in [0.05, 0.1) is 30.6 Å². The Labute approximate surface area is 217 Å². The molecule has 186 valence electrons.